The van der Waals surface area contributed by atoms with Gasteiger partial charge in [-0.25, -0.2) is 0 Å². The molecular weight excluding hydrogens is 144 g/mol. The van der Waals surface area contributed by atoms with Gasteiger partial charge in [-0.2, -0.15) is 0 Å². The van der Waals surface area contributed by atoms with Crippen LogP contribution >= 0.6 is 0 Å². The molecule has 0 aromatic carbocycles. The number of hydrogen-bond acceptors (Lipinski definition) is 3. The van der Waals surface area contributed by atoms with E-state index in [4.69, 9.17) is 10.3 Å². The molecule has 2 rings (SSSR count). The van der Waals surface area contributed by atoms with Crippen molar-refractivity contribution in [3.05, 3.63) is 10.4 Å². The zero-order valence-corrected chi connectivity index (χ0v) is 6.16. The van der Waals surface area contributed by atoms with Gasteiger partial charge in [0.2, 0.25) is 0 Å². The summed E-state index contributed by atoms with van der Waals surface area (Å²) in [6.07, 6.45) is 0.928. The molecule has 0 aliphatic carbocycles. The summed E-state index contributed by atoms with van der Waals surface area (Å²) in [4.78, 5) is 2.79. The van der Waals surface area contributed by atoms with Crippen LogP contribution in [0.15, 0.2) is 5.11 Å². The van der Waals surface area contributed by atoms with E-state index >= 15 is 0 Å². The first-order valence-corrected chi connectivity index (χ1v) is 3.72. The highest BCUT2D eigenvalue weighted by atomic mass is 16.5. The lowest BCUT2D eigenvalue weighted by Crippen LogP contribution is -2.56. The molecule has 0 aromatic rings. The summed E-state index contributed by atoms with van der Waals surface area (Å²) in [5.74, 6) is 0. The van der Waals surface area contributed by atoms with Crippen LogP contribution in [0.4, 0.5) is 0 Å². The van der Waals surface area contributed by atoms with Crippen molar-refractivity contribution in [2.75, 3.05) is 19.8 Å². The smallest absolute Gasteiger partial charge is 0.0672 e. The largest absolute Gasteiger partial charge is 0.377 e. The highest BCUT2D eigenvalue weighted by Crippen LogP contribution is 2.28. The van der Waals surface area contributed by atoms with Gasteiger partial charge >= 0.3 is 0 Å². The standard InChI is InChI=1S/C6H10N4O/c7-10-9-5-1-6(8-2-5)3-11-4-6/h5,8H,1-4H2. The van der Waals surface area contributed by atoms with Crippen LogP contribution in [0.5, 0.6) is 0 Å². The van der Waals surface area contributed by atoms with E-state index in [1.54, 1.807) is 0 Å². The molecule has 2 fully saturated rings. The second-order valence-electron chi connectivity index (χ2n) is 3.22. The first kappa shape index (κ1) is 6.91. The van der Waals surface area contributed by atoms with Crippen molar-refractivity contribution >= 4 is 0 Å². The molecule has 1 unspecified atom stereocenters. The molecule has 0 aromatic heterocycles. The molecule has 5 nitrogen and oxygen atoms in total. The minimum atomic E-state index is 0.129. The molecule has 1 N–H and O–H groups in total. The van der Waals surface area contributed by atoms with Crippen molar-refractivity contribution in [1.29, 1.82) is 0 Å². The number of nitrogens with zero attached hydrogens (tertiary/aromatic N) is 3. The Hall–Kier alpha value is -0.770. The van der Waals surface area contributed by atoms with Crippen LogP contribution < -0.4 is 5.32 Å². The van der Waals surface area contributed by atoms with Crippen LogP contribution in [-0.4, -0.2) is 31.3 Å². The SMILES string of the molecule is [N-]=[N+]=NC1CNC2(COC2)C1. The molecule has 0 amide bonds. The molecule has 11 heavy (non-hydrogen) atoms. The lowest BCUT2D eigenvalue weighted by atomic mass is 9.94. The fraction of sp³-hybridized carbons (Fsp3) is 1.00. The van der Waals surface area contributed by atoms with Crippen molar-refractivity contribution < 1.29 is 4.74 Å². The van der Waals surface area contributed by atoms with Gasteiger partial charge in [-0.1, -0.05) is 5.11 Å². The number of hydrogen-bond donors (Lipinski definition) is 1. The van der Waals surface area contributed by atoms with Crippen LogP contribution in [0.1, 0.15) is 6.42 Å². The number of nitrogens with one attached hydrogen (secondary N) is 1. The Morgan fingerprint density at radius 1 is 1.64 bits per heavy atom. The molecule has 0 radical (unpaired) electrons. The van der Waals surface area contributed by atoms with E-state index in [-0.39, 0.29) is 11.6 Å². The minimum absolute atomic E-state index is 0.129. The number of azide groups is 1. The van der Waals surface area contributed by atoms with Gasteiger partial charge in [0.1, 0.15) is 0 Å². The van der Waals surface area contributed by atoms with E-state index in [1.807, 2.05) is 0 Å². The number of ether oxygens (including phenoxy) is 1. The maximum Gasteiger partial charge on any atom is 0.0672 e. The van der Waals surface area contributed by atoms with E-state index in [0.29, 0.717) is 0 Å². The Morgan fingerprint density at radius 3 is 2.91 bits per heavy atom. The summed E-state index contributed by atoms with van der Waals surface area (Å²) in [7, 11) is 0. The van der Waals surface area contributed by atoms with Gasteiger partial charge in [0.25, 0.3) is 0 Å². The summed E-state index contributed by atoms with van der Waals surface area (Å²) >= 11 is 0. The molecular formula is C6H10N4O. The first-order valence-electron chi connectivity index (χ1n) is 3.72. The van der Waals surface area contributed by atoms with Crippen LogP contribution in [0.25, 0.3) is 10.4 Å². The molecule has 1 atom stereocenters. The van der Waals surface area contributed by atoms with Crippen molar-refractivity contribution in [3.63, 3.8) is 0 Å². The average Bonchev–Trinajstić information content (AvgIpc) is 2.32. The summed E-state index contributed by atoms with van der Waals surface area (Å²) in [5.41, 5.74) is 8.34. The van der Waals surface area contributed by atoms with Gasteiger partial charge in [-0.15, -0.1) is 0 Å². The molecule has 2 aliphatic rings. The Kier molecular flexibility index (Phi) is 1.49. The third kappa shape index (κ3) is 1.07. The van der Waals surface area contributed by atoms with Crippen molar-refractivity contribution in [2.24, 2.45) is 5.11 Å². The average molecular weight is 154 g/mol. The van der Waals surface area contributed by atoms with Gasteiger partial charge in [-0.05, 0) is 12.0 Å². The topological polar surface area (TPSA) is 70.0 Å². The third-order valence-electron chi connectivity index (χ3n) is 2.31. The zero-order valence-electron chi connectivity index (χ0n) is 6.16. The van der Waals surface area contributed by atoms with E-state index in [0.717, 1.165) is 26.2 Å². The monoisotopic (exact) mass is 154 g/mol. The van der Waals surface area contributed by atoms with Crippen LogP contribution in [0.2, 0.25) is 0 Å². The molecule has 0 saturated carbocycles. The Labute approximate surface area is 64.3 Å². The predicted molar refractivity (Wildman–Crippen MR) is 39.1 cm³/mol. The quantitative estimate of drug-likeness (QED) is 0.338. The second kappa shape index (κ2) is 2.37. The third-order valence-corrected chi connectivity index (χ3v) is 2.31. The number of rotatable bonds is 1. The molecule has 1 spiro atoms. The van der Waals surface area contributed by atoms with Crippen molar-refractivity contribution in [3.8, 4) is 0 Å². The van der Waals surface area contributed by atoms with Crippen LogP contribution in [0, 0.1) is 0 Å². The summed E-state index contributed by atoms with van der Waals surface area (Å²) in [6, 6.07) is 0.129. The molecule has 60 valence electrons. The molecule has 0 bridgehead atoms. The first-order chi connectivity index (χ1) is 5.35. The summed E-state index contributed by atoms with van der Waals surface area (Å²) in [6.45, 7) is 2.34. The Bertz CT molecular complexity index is 207. The van der Waals surface area contributed by atoms with Gasteiger partial charge in [0.05, 0.1) is 24.8 Å². The predicted octanol–water partition coefficient (Wildman–Crippen LogP) is 0.428. The highest BCUT2D eigenvalue weighted by molar-refractivity contribution is 5.03. The lowest BCUT2D eigenvalue weighted by molar-refractivity contribution is -0.0647. The van der Waals surface area contributed by atoms with Gasteiger partial charge < -0.3 is 10.1 Å². The summed E-state index contributed by atoms with van der Waals surface area (Å²) < 4.78 is 5.09. The van der Waals surface area contributed by atoms with Gasteiger partial charge in [0, 0.05) is 11.5 Å². The lowest BCUT2D eigenvalue weighted by Gasteiger charge is -2.38. The second-order valence-corrected chi connectivity index (χ2v) is 3.22. The van der Waals surface area contributed by atoms with E-state index in [2.05, 4.69) is 15.3 Å². The molecule has 2 aliphatic heterocycles. The maximum absolute atomic E-state index is 8.19. The Morgan fingerprint density at radius 2 is 2.45 bits per heavy atom. The Balaban J connectivity index is 1.97. The van der Waals surface area contributed by atoms with Crippen LogP contribution in [0.3, 0.4) is 0 Å². The highest BCUT2D eigenvalue weighted by Gasteiger charge is 2.44. The molecule has 5 heteroatoms. The van der Waals surface area contributed by atoms with E-state index < -0.39 is 0 Å². The van der Waals surface area contributed by atoms with Crippen LogP contribution in [-0.2, 0) is 4.74 Å². The zero-order chi connectivity index (χ0) is 7.73. The molecule has 2 saturated heterocycles. The summed E-state index contributed by atoms with van der Waals surface area (Å²) in [5, 5.41) is 6.98. The van der Waals surface area contributed by atoms with Gasteiger partial charge in [0.15, 0.2) is 0 Å². The van der Waals surface area contributed by atoms with Crippen molar-refractivity contribution in [1.82, 2.24) is 5.32 Å². The van der Waals surface area contributed by atoms with E-state index in [1.165, 1.54) is 0 Å². The fourth-order valence-corrected chi connectivity index (χ4v) is 1.65. The normalized spacial score (nSPS) is 32.9. The van der Waals surface area contributed by atoms with E-state index in [9.17, 15) is 0 Å². The molecule has 2 heterocycles. The maximum atomic E-state index is 8.19. The fourth-order valence-electron chi connectivity index (χ4n) is 1.65. The van der Waals surface area contributed by atoms with Crippen molar-refractivity contribution in [2.45, 2.75) is 18.0 Å². The van der Waals surface area contributed by atoms with Gasteiger partial charge in [-0.3, -0.25) is 0 Å². The minimum Gasteiger partial charge on any atom is -0.377 e.